The van der Waals surface area contributed by atoms with E-state index in [1.54, 1.807) is 12.1 Å². The maximum Gasteiger partial charge on any atom is 0.299 e. The van der Waals surface area contributed by atoms with Crippen LogP contribution in [-0.2, 0) is 20.8 Å². The second kappa shape index (κ2) is 5.37. The quantitative estimate of drug-likeness (QED) is 0.569. The summed E-state index contributed by atoms with van der Waals surface area (Å²) >= 11 is -0.0172. The first kappa shape index (κ1) is 12.3. The molecule has 16 heavy (non-hydrogen) atoms. The predicted molar refractivity (Wildman–Crippen MR) is 63.8 cm³/mol. The Hall–Kier alpha value is -1.75. The molecule has 0 heterocycles. The summed E-state index contributed by atoms with van der Waals surface area (Å²) in [5.41, 5.74) is 1.55. The third kappa shape index (κ3) is 2.64. The molecule has 0 spiro atoms. The Morgan fingerprint density at radius 2 is 1.94 bits per heavy atom. The molecule has 0 aromatic heterocycles. The van der Waals surface area contributed by atoms with Crippen molar-refractivity contribution in [3.63, 3.8) is 0 Å². The standard InChI is InChI=1S/C11H11NO3S/c1-8-5-3-4-6-9(8)12(2)11(14)10(13)7-16-15/h3-7H,1-2H3. The molecule has 0 aliphatic carbocycles. The van der Waals surface area contributed by atoms with Crippen LogP contribution in [0.3, 0.4) is 0 Å². The Bertz CT molecular complexity index is 478. The molecule has 0 saturated heterocycles. The van der Waals surface area contributed by atoms with E-state index in [1.165, 1.54) is 11.9 Å². The number of rotatable bonds is 3. The molecule has 0 fully saturated rings. The molecular weight excluding hydrogens is 226 g/mol. The molecule has 84 valence electrons. The van der Waals surface area contributed by atoms with Crippen LogP contribution in [0.25, 0.3) is 0 Å². The smallest absolute Gasteiger partial charge is 0.299 e. The number of nitrogens with zero attached hydrogens (tertiary/aromatic N) is 1. The molecule has 1 aromatic rings. The molecule has 0 bridgehead atoms. The lowest BCUT2D eigenvalue weighted by atomic mass is 10.2. The van der Waals surface area contributed by atoms with Gasteiger partial charge in [0, 0.05) is 12.7 Å². The van der Waals surface area contributed by atoms with Gasteiger partial charge in [0.1, 0.15) is 0 Å². The highest BCUT2D eigenvalue weighted by atomic mass is 32.1. The molecule has 0 aliphatic rings. The van der Waals surface area contributed by atoms with E-state index in [0.29, 0.717) is 5.69 Å². The van der Waals surface area contributed by atoms with Crippen molar-refractivity contribution in [2.24, 2.45) is 0 Å². The van der Waals surface area contributed by atoms with Crippen LogP contribution in [0, 0.1) is 6.92 Å². The van der Waals surface area contributed by atoms with Crippen LogP contribution >= 0.6 is 0 Å². The highest BCUT2D eigenvalue weighted by Crippen LogP contribution is 2.17. The molecule has 0 N–H and O–H groups in total. The molecule has 0 aliphatic heterocycles. The maximum atomic E-state index is 11.6. The molecule has 1 aromatic carbocycles. The molecular formula is C11H11NO3S. The van der Waals surface area contributed by atoms with Crippen molar-refractivity contribution >= 4 is 34.0 Å². The van der Waals surface area contributed by atoms with Crippen molar-refractivity contribution < 1.29 is 13.8 Å². The number of aryl methyl sites for hydroxylation is 1. The Morgan fingerprint density at radius 3 is 2.50 bits per heavy atom. The molecule has 0 atom stereocenters. The first-order chi connectivity index (χ1) is 7.57. The number of hydrogen-bond donors (Lipinski definition) is 0. The highest BCUT2D eigenvalue weighted by Gasteiger charge is 2.18. The van der Waals surface area contributed by atoms with Crippen LogP contribution in [0.4, 0.5) is 5.69 Å². The predicted octanol–water partition coefficient (Wildman–Crippen LogP) is 0.542. The number of hydrogen-bond acceptors (Lipinski definition) is 3. The van der Waals surface area contributed by atoms with E-state index in [9.17, 15) is 13.8 Å². The summed E-state index contributed by atoms with van der Waals surface area (Å²) in [5.74, 6) is -1.51. The van der Waals surface area contributed by atoms with Gasteiger partial charge in [-0.2, -0.15) is 0 Å². The Morgan fingerprint density at radius 1 is 1.31 bits per heavy atom. The molecule has 0 saturated carbocycles. The van der Waals surface area contributed by atoms with Crippen LogP contribution in [-0.4, -0.2) is 28.3 Å². The summed E-state index contributed by atoms with van der Waals surface area (Å²) < 4.78 is 10.1. The van der Waals surface area contributed by atoms with Crippen LogP contribution in [0.2, 0.25) is 0 Å². The average molecular weight is 237 g/mol. The van der Waals surface area contributed by atoms with Crippen LogP contribution in [0.1, 0.15) is 5.56 Å². The van der Waals surface area contributed by atoms with Crippen LogP contribution < -0.4 is 4.90 Å². The first-order valence-corrected chi connectivity index (χ1v) is 5.38. The van der Waals surface area contributed by atoms with E-state index in [-0.39, 0.29) is 11.3 Å². The third-order valence-electron chi connectivity index (χ3n) is 2.15. The van der Waals surface area contributed by atoms with Crippen LogP contribution in [0.15, 0.2) is 24.3 Å². The summed E-state index contributed by atoms with van der Waals surface area (Å²) in [7, 11) is 1.51. The van der Waals surface area contributed by atoms with Crippen LogP contribution in [0.5, 0.6) is 0 Å². The molecule has 4 nitrogen and oxygen atoms in total. The lowest BCUT2D eigenvalue weighted by Gasteiger charge is -2.17. The van der Waals surface area contributed by atoms with Crippen molar-refractivity contribution in [2.75, 3.05) is 11.9 Å². The zero-order valence-corrected chi connectivity index (χ0v) is 9.78. The number of carbonyl (C=O) groups excluding carboxylic acids is 2. The van der Waals surface area contributed by atoms with Gasteiger partial charge in [0.15, 0.2) is 0 Å². The largest absolute Gasteiger partial charge is 0.308 e. The van der Waals surface area contributed by atoms with E-state index in [2.05, 4.69) is 0 Å². The van der Waals surface area contributed by atoms with Gasteiger partial charge in [-0.05, 0) is 18.6 Å². The number of amides is 1. The van der Waals surface area contributed by atoms with Gasteiger partial charge in [0.2, 0.25) is 0 Å². The number of benzene rings is 1. The second-order valence-electron chi connectivity index (χ2n) is 3.23. The zero-order chi connectivity index (χ0) is 12.1. The third-order valence-corrected chi connectivity index (χ3v) is 2.46. The van der Waals surface area contributed by atoms with E-state index >= 15 is 0 Å². The van der Waals surface area contributed by atoms with Crippen molar-refractivity contribution in [2.45, 2.75) is 6.92 Å². The highest BCUT2D eigenvalue weighted by molar-refractivity contribution is 7.67. The number of para-hydroxylation sites is 1. The van der Waals surface area contributed by atoms with Crippen molar-refractivity contribution in [1.29, 1.82) is 0 Å². The SMILES string of the molecule is Cc1ccccc1N(C)C(=O)C(=O)C=S=O. The van der Waals surface area contributed by atoms with Crippen molar-refractivity contribution in [3.05, 3.63) is 29.8 Å². The lowest BCUT2D eigenvalue weighted by Crippen LogP contribution is -2.34. The fourth-order valence-corrected chi connectivity index (χ4v) is 1.50. The van der Waals surface area contributed by atoms with Gasteiger partial charge in [0.05, 0.1) is 16.6 Å². The average Bonchev–Trinajstić information content (AvgIpc) is 2.28. The van der Waals surface area contributed by atoms with Crippen molar-refractivity contribution in [3.8, 4) is 0 Å². The maximum absolute atomic E-state index is 11.6. The molecule has 0 unspecified atom stereocenters. The lowest BCUT2D eigenvalue weighted by molar-refractivity contribution is -0.132. The fourth-order valence-electron chi connectivity index (χ4n) is 1.31. The minimum absolute atomic E-state index is 0.0172. The van der Waals surface area contributed by atoms with Gasteiger partial charge < -0.3 is 4.90 Å². The Labute approximate surface area is 96.9 Å². The number of ketones is 1. The minimum Gasteiger partial charge on any atom is -0.308 e. The zero-order valence-electron chi connectivity index (χ0n) is 8.97. The molecule has 1 rings (SSSR count). The normalized spacial score (nSPS) is 9.38. The van der Waals surface area contributed by atoms with Gasteiger partial charge in [-0.3, -0.25) is 9.59 Å². The number of carbonyl (C=O) groups is 2. The number of anilines is 1. The van der Waals surface area contributed by atoms with Gasteiger partial charge >= 0.3 is 0 Å². The Balaban J connectivity index is 2.99. The fraction of sp³-hybridized carbons (Fsp3) is 0.182. The topological polar surface area (TPSA) is 54.5 Å². The van der Waals surface area contributed by atoms with Gasteiger partial charge in [-0.25, -0.2) is 4.21 Å². The van der Waals surface area contributed by atoms with Crippen molar-refractivity contribution in [1.82, 2.24) is 0 Å². The van der Waals surface area contributed by atoms with E-state index < -0.39 is 11.7 Å². The number of likely N-dealkylation sites (N-methyl/N-ethyl adjacent to an activating group) is 1. The molecule has 0 radical (unpaired) electrons. The first-order valence-electron chi connectivity index (χ1n) is 4.57. The molecule has 1 amide bonds. The summed E-state index contributed by atoms with van der Waals surface area (Å²) in [6, 6.07) is 7.21. The van der Waals surface area contributed by atoms with Gasteiger partial charge in [0.25, 0.3) is 11.7 Å². The second-order valence-corrected chi connectivity index (χ2v) is 3.66. The summed E-state index contributed by atoms with van der Waals surface area (Å²) in [5, 5.41) is 0.761. The number of Topliss-reactive ketones (excluding diaryl/α,β-unsaturated/α-hetero) is 1. The monoisotopic (exact) mass is 237 g/mol. The van der Waals surface area contributed by atoms with E-state index in [4.69, 9.17) is 0 Å². The summed E-state index contributed by atoms with van der Waals surface area (Å²) in [6.07, 6.45) is 0. The summed E-state index contributed by atoms with van der Waals surface area (Å²) in [6.45, 7) is 1.84. The van der Waals surface area contributed by atoms with Gasteiger partial charge in [-0.15, -0.1) is 0 Å². The van der Waals surface area contributed by atoms with Gasteiger partial charge in [-0.1, -0.05) is 18.2 Å². The summed E-state index contributed by atoms with van der Waals surface area (Å²) in [4.78, 5) is 24.0. The van der Waals surface area contributed by atoms with E-state index in [0.717, 1.165) is 10.9 Å². The van der Waals surface area contributed by atoms with E-state index in [1.807, 2.05) is 19.1 Å². The molecule has 5 heteroatoms. The Kier molecular flexibility index (Phi) is 4.13. The minimum atomic E-state index is -0.800.